The highest BCUT2D eigenvalue weighted by Crippen LogP contribution is 2.28. The van der Waals surface area contributed by atoms with Gasteiger partial charge in [-0.3, -0.25) is 4.79 Å². The number of hydrogen-bond donors (Lipinski definition) is 0. The number of rotatable bonds is 2. The minimum absolute atomic E-state index is 0.349. The van der Waals surface area contributed by atoms with Crippen LogP contribution in [0.4, 0.5) is 0 Å². The first-order chi connectivity index (χ1) is 9.26. The van der Waals surface area contributed by atoms with E-state index in [0.717, 1.165) is 17.7 Å². The molecular weight excluding hydrogens is 236 g/mol. The number of carbonyl (C=O) groups is 1. The van der Waals surface area contributed by atoms with Crippen molar-refractivity contribution in [3.05, 3.63) is 53.6 Å². The summed E-state index contributed by atoms with van der Waals surface area (Å²) in [4.78, 5) is 11.4. The van der Waals surface area contributed by atoms with E-state index in [0.29, 0.717) is 18.6 Å². The summed E-state index contributed by atoms with van der Waals surface area (Å²) in [5.74, 6) is 1.21. The van der Waals surface area contributed by atoms with E-state index in [1.165, 1.54) is 16.7 Å². The maximum absolute atomic E-state index is 11.4. The summed E-state index contributed by atoms with van der Waals surface area (Å²) in [6.07, 6.45) is 2.13. The minimum atomic E-state index is 0.349. The monoisotopic (exact) mass is 252 g/mol. The number of ether oxygens (including phenoxy) is 1. The highest BCUT2D eigenvalue weighted by atomic mass is 16.5. The molecule has 0 spiro atoms. The zero-order valence-corrected chi connectivity index (χ0v) is 11.0. The maximum atomic E-state index is 11.4. The number of methoxy groups -OCH3 is 1. The molecular formula is C17H16O2. The molecule has 0 saturated carbocycles. The molecule has 0 unspecified atom stereocenters. The molecule has 19 heavy (non-hydrogen) atoms. The first-order valence-corrected chi connectivity index (χ1v) is 6.54. The van der Waals surface area contributed by atoms with Crippen LogP contribution in [0.25, 0.3) is 11.1 Å². The number of ketones is 1. The van der Waals surface area contributed by atoms with Gasteiger partial charge in [-0.25, -0.2) is 0 Å². The van der Waals surface area contributed by atoms with E-state index in [9.17, 15) is 4.79 Å². The lowest BCUT2D eigenvalue weighted by molar-refractivity contribution is -0.118. The van der Waals surface area contributed by atoms with Gasteiger partial charge in [0.1, 0.15) is 11.5 Å². The molecule has 2 aromatic carbocycles. The molecule has 0 fully saturated rings. The second kappa shape index (κ2) is 4.88. The number of aryl methyl sites for hydroxylation is 1. The molecule has 0 N–H and O–H groups in total. The first-order valence-electron chi connectivity index (χ1n) is 6.54. The normalized spacial score (nSPS) is 14.1. The maximum Gasteiger partial charge on any atom is 0.137 e. The molecule has 2 nitrogen and oxygen atoms in total. The van der Waals surface area contributed by atoms with Crippen LogP contribution in [0, 0.1) is 0 Å². The highest BCUT2D eigenvalue weighted by Gasteiger charge is 2.15. The van der Waals surface area contributed by atoms with Crippen LogP contribution in [-0.4, -0.2) is 12.9 Å². The van der Waals surface area contributed by atoms with E-state index in [-0.39, 0.29) is 0 Å². The smallest absolute Gasteiger partial charge is 0.137 e. The quantitative estimate of drug-likeness (QED) is 0.818. The van der Waals surface area contributed by atoms with Gasteiger partial charge in [0.2, 0.25) is 0 Å². The van der Waals surface area contributed by atoms with E-state index < -0.39 is 0 Å². The fourth-order valence-electron chi connectivity index (χ4n) is 2.59. The van der Waals surface area contributed by atoms with Crippen LogP contribution in [0.15, 0.2) is 42.5 Å². The van der Waals surface area contributed by atoms with Gasteiger partial charge in [0.25, 0.3) is 0 Å². The summed E-state index contributed by atoms with van der Waals surface area (Å²) < 4.78 is 5.26. The molecule has 0 amide bonds. The fourth-order valence-corrected chi connectivity index (χ4v) is 2.59. The highest BCUT2D eigenvalue weighted by molar-refractivity contribution is 5.83. The summed E-state index contributed by atoms with van der Waals surface area (Å²) in [5.41, 5.74) is 4.83. The molecule has 3 rings (SSSR count). The molecule has 0 saturated heterocycles. The van der Waals surface area contributed by atoms with E-state index in [1.54, 1.807) is 7.11 Å². The average molecular weight is 252 g/mol. The third-order valence-corrected chi connectivity index (χ3v) is 3.67. The van der Waals surface area contributed by atoms with Gasteiger partial charge in [0.05, 0.1) is 7.11 Å². The molecule has 0 heterocycles. The van der Waals surface area contributed by atoms with Crippen LogP contribution in [0.2, 0.25) is 0 Å². The summed E-state index contributed by atoms with van der Waals surface area (Å²) in [7, 11) is 1.68. The summed E-state index contributed by atoms with van der Waals surface area (Å²) in [5, 5.41) is 0. The number of Topliss-reactive ketones (excluding diaryl/α,β-unsaturated/α-hetero) is 1. The minimum Gasteiger partial charge on any atom is -0.497 e. The Bertz CT molecular complexity index is 629. The predicted molar refractivity (Wildman–Crippen MR) is 75.5 cm³/mol. The van der Waals surface area contributed by atoms with Gasteiger partial charge in [0.15, 0.2) is 0 Å². The van der Waals surface area contributed by atoms with Gasteiger partial charge in [0, 0.05) is 12.8 Å². The second-order valence-electron chi connectivity index (χ2n) is 4.93. The van der Waals surface area contributed by atoms with Crippen molar-refractivity contribution in [2.45, 2.75) is 19.3 Å². The number of hydrogen-bond acceptors (Lipinski definition) is 2. The van der Waals surface area contributed by atoms with Crippen LogP contribution in [0.5, 0.6) is 5.75 Å². The average Bonchev–Trinajstić information content (AvgIpc) is 2.46. The van der Waals surface area contributed by atoms with Gasteiger partial charge in [-0.05, 0) is 40.8 Å². The van der Waals surface area contributed by atoms with Crippen molar-refractivity contribution in [1.82, 2.24) is 0 Å². The Morgan fingerprint density at radius 2 is 1.79 bits per heavy atom. The predicted octanol–water partition coefficient (Wildman–Crippen LogP) is 3.42. The van der Waals surface area contributed by atoms with Crippen molar-refractivity contribution in [1.29, 1.82) is 0 Å². The number of benzene rings is 2. The van der Waals surface area contributed by atoms with E-state index in [4.69, 9.17) is 4.74 Å². The van der Waals surface area contributed by atoms with Gasteiger partial charge in [-0.2, -0.15) is 0 Å². The summed E-state index contributed by atoms with van der Waals surface area (Å²) in [6.45, 7) is 0. The van der Waals surface area contributed by atoms with Crippen LogP contribution in [0.1, 0.15) is 17.5 Å². The Kier molecular flexibility index (Phi) is 3.08. The standard InChI is InChI=1S/C17H16O2/c1-19-17-4-2-3-12(11-17)13-5-6-15-10-16(18)8-7-14(15)9-13/h2-6,9,11H,7-8,10H2,1H3. The topological polar surface area (TPSA) is 26.3 Å². The van der Waals surface area contributed by atoms with Crippen molar-refractivity contribution in [3.8, 4) is 16.9 Å². The van der Waals surface area contributed by atoms with Gasteiger partial charge in [-0.1, -0.05) is 30.3 Å². The molecule has 1 aliphatic rings. The molecule has 0 aromatic heterocycles. The molecule has 2 aromatic rings. The van der Waals surface area contributed by atoms with Crippen molar-refractivity contribution in [2.75, 3.05) is 7.11 Å². The zero-order valence-electron chi connectivity index (χ0n) is 11.0. The Morgan fingerprint density at radius 1 is 0.947 bits per heavy atom. The molecule has 0 aliphatic heterocycles. The van der Waals surface area contributed by atoms with Crippen molar-refractivity contribution >= 4 is 5.78 Å². The zero-order chi connectivity index (χ0) is 13.2. The van der Waals surface area contributed by atoms with Crippen LogP contribution in [-0.2, 0) is 17.6 Å². The SMILES string of the molecule is COc1cccc(-c2ccc3c(c2)CCC(=O)C3)c1. The van der Waals surface area contributed by atoms with Crippen LogP contribution < -0.4 is 4.74 Å². The second-order valence-corrected chi connectivity index (χ2v) is 4.93. The number of carbonyl (C=O) groups excluding carboxylic acids is 1. The van der Waals surface area contributed by atoms with E-state index in [2.05, 4.69) is 24.3 Å². The lowest BCUT2D eigenvalue weighted by atomic mass is 9.88. The largest absolute Gasteiger partial charge is 0.497 e. The van der Waals surface area contributed by atoms with E-state index in [1.807, 2.05) is 18.2 Å². The fraction of sp³-hybridized carbons (Fsp3) is 0.235. The summed E-state index contributed by atoms with van der Waals surface area (Å²) in [6, 6.07) is 14.4. The molecule has 1 aliphatic carbocycles. The van der Waals surface area contributed by atoms with Gasteiger partial charge >= 0.3 is 0 Å². The number of fused-ring (bicyclic) bond motifs is 1. The molecule has 0 atom stereocenters. The first kappa shape index (κ1) is 12.0. The molecule has 0 bridgehead atoms. The Hall–Kier alpha value is -2.09. The Morgan fingerprint density at radius 3 is 2.63 bits per heavy atom. The van der Waals surface area contributed by atoms with Crippen molar-refractivity contribution in [2.24, 2.45) is 0 Å². The summed E-state index contributed by atoms with van der Waals surface area (Å²) >= 11 is 0. The lowest BCUT2D eigenvalue weighted by Gasteiger charge is -2.16. The van der Waals surface area contributed by atoms with Crippen LogP contribution in [0.3, 0.4) is 0 Å². The Labute approximate surface area is 113 Å². The molecule has 0 radical (unpaired) electrons. The molecule has 2 heteroatoms. The Balaban J connectivity index is 1.99. The van der Waals surface area contributed by atoms with E-state index >= 15 is 0 Å². The molecule has 96 valence electrons. The van der Waals surface area contributed by atoms with Gasteiger partial charge in [-0.15, -0.1) is 0 Å². The third kappa shape index (κ3) is 2.39. The van der Waals surface area contributed by atoms with Crippen molar-refractivity contribution < 1.29 is 9.53 Å². The lowest BCUT2D eigenvalue weighted by Crippen LogP contribution is -2.12. The van der Waals surface area contributed by atoms with Crippen molar-refractivity contribution in [3.63, 3.8) is 0 Å². The van der Waals surface area contributed by atoms with Gasteiger partial charge < -0.3 is 4.74 Å². The third-order valence-electron chi connectivity index (χ3n) is 3.67. The van der Waals surface area contributed by atoms with Crippen LogP contribution >= 0.6 is 0 Å².